The Morgan fingerprint density at radius 3 is 2.57 bits per heavy atom. The van der Waals surface area contributed by atoms with Crippen LogP contribution < -0.4 is 10.6 Å². The minimum absolute atomic E-state index is 0.145. The van der Waals surface area contributed by atoms with Crippen molar-refractivity contribution >= 4 is 0 Å². The molecule has 0 saturated carbocycles. The fourth-order valence-corrected chi connectivity index (χ4v) is 1.48. The minimum Gasteiger partial charge on any atom is -0.318 e. The molecule has 1 unspecified atom stereocenters. The third-order valence-corrected chi connectivity index (χ3v) is 2.34. The van der Waals surface area contributed by atoms with Crippen LogP contribution >= 0.6 is 0 Å². The van der Waals surface area contributed by atoms with E-state index in [1.165, 1.54) is 6.07 Å². The molecule has 0 spiro atoms. The lowest BCUT2D eigenvalue weighted by molar-refractivity contribution is 0.554. The van der Waals surface area contributed by atoms with Crippen LogP contribution in [-0.4, -0.2) is 20.6 Å². The topological polar surface area (TPSA) is 24.1 Å². The molecular weight excluding hydrogens is 179 g/mol. The number of likely N-dealkylation sites (N-methyl/N-ethyl adjacent to an activating group) is 2. The molecule has 3 heteroatoms. The summed E-state index contributed by atoms with van der Waals surface area (Å²) < 4.78 is 13.0. The molecule has 2 N–H and O–H groups in total. The quantitative estimate of drug-likeness (QED) is 0.764. The van der Waals surface area contributed by atoms with Crippen LogP contribution in [0.1, 0.15) is 17.2 Å². The first-order chi connectivity index (χ1) is 6.69. The molecule has 0 saturated heterocycles. The van der Waals surface area contributed by atoms with Gasteiger partial charge >= 0.3 is 0 Å². The summed E-state index contributed by atoms with van der Waals surface area (Å²) in [6, 6.07) is 5.46. The van der Waals surface area contributed by atoms with Gasteiger partial charge in [-0.25, -0.2) is 4.39 Å². The highest BCUT2D eigenvalue weighted by Gasteiger charge is 2.08. The maximum atomic E-state index is 13.0. The number of nitrogens with one attached hydrogen (secondary N) is 2. The van der Waals surface area contributed by atoms with Crippen LogP contribution in [0.25, 0.3) is 0 Å². The molecule has 0 amide bonds. The Morgan fingerprint density at radius 2 is 2.07 bits per heavy atom. The number of benzene rings is 1. The van der Waals surface area contributed by atoms with E-state index in [-0.39, 0.29) is 11.9 Å². The molecule has 1 rings (SSSR count). The third kappa shape index (κ3) is 2.53. The number of hydrogen-bond donors (Lipinski definition) is 2. The van der Waals surface area contributed by atoms with Crippen molar-refractivity contribution in [3.05, 3.63) is 35.1 Å². The second-order valence-corrected chi connectivity index (χ2v) is 3.41. The van der Waals surface area contributed by atoms with Crippen LogP contribution in [-0.2, 0) is 0 Å². The summed E-state index contributed by atoms with van der Waals surface area (Å²) in [5, 5.41) is 6.28. The van der Waals surface area contributed by atoms with Gasteiger partial charge in [-0.1, -0.05) is 12.1 Å². The van der Waals surface area contributed by atoms with Crippen molar-refractivity contribution in [2.24, 2.45) is 0 Å². The first-order valence-corrected chi connectivity index (χ1v) is 4.77. The van der Waals surface area contributed by atoms with Gasteiger partial charge in [0.05, 0.1) is 0 Å². The van der Waals surface area contributed by atoms with Crippen LogP contribution in [0.3, 0.4) is 0 Å². The van der Waals surface area contributed by atoms with Gasteiger partial charge in [0, 0.05) is 12.6 Å². The van der Waals surface area contributed by atoms with Crippen molar-refractivity contribution in [1.82, 2.24) is 10.6 Å². The van der Waals surface area contributed by atoms with Crippen molar-refractivity contribution in [2.75, 3.05) is 20.6 Å². The van der Waals surface area contributed by atoms with Gasteiger partial charge < -0.3 is 10.6 Å². The molecule has 14 heavy (non-hydrogen) atoms. The van der Waals surface area contributed by atoms with Crippen molar-refractivity contribution in [3.8, 4) is 0 Å². The molecule has 0 aliphatic heterocycles. The number of rotatable bonds is 4. The number of aryl methyl sites for hydroxylation is 1. The molecule has 2 nitrogen and oxygen atoms in total. The summed E-state index contributed by atoms with van der Waals surface area (Å²) in [6.45, 7) is 2.62. The zero-order valence-corrected chi connectivity index (χ0v) is 8.89. The Kier molecular flexibility index (Phi) is 4.04. The van der Waals surface area contributed by atoms with Gasteiger partial charge in [-0.15, -0.1) is 0 Å². The molecule has 0 aromatic heterocycles. The lowest BCUT2D eigenvalue weighted by atomic mass is 10.0. The predicted octanol–water partition coefficient (Wildman–Crippen LogP) is 1.61. The van der Waals surface area contributed by atoms with Gasteiger partial charge in [-0.2, -0.15) is 0 Å². The highest BCUT2D eigenvalue weighted by Crippen LogP contribution is 2.15. The average molecular weight is 196 g/mol. The summed E-state index contributed by atoms with van der Waals surface area (Å²) in [5.74, 6) is -0.145. The van der Waals surface area contributed by atoms with E-state index in [0.29, 0.717) is 5.56 Å². The fourth-order valence-electron chi connectivity index (χ4n) is 1.48. The highest BCUT2D eigenvalue weighted by molar-refractivity contribution is 5.26. The van der Waals surface area contributed by atoms with E-state index >= 15 is 0 Å². The number of hydrogen-bond acceptors (Lipinski definition) is 2. The van der Waals surface area contributed by atoms with Gasteiger partial charge in [-0.05, 0) is 38.2 Å². The van der Waals surface area contributed by atoms with E-state index in [1.807, 2.05) is 26.2 Å². The first kappa shape index (κ1) is 11.1. The minimum atomic E-state index is -0.145. The molecule has 0 radical (unpaired) electrons. The second kappa shape index (κ2) is 5.08. The average Bonchev–Trinajstić information content (AvgIpc) is 2.19. The molecule has 0 aliphatic carbocycles. The Morgan fingerprint density at radius 1 is 1.36 bits per heavy atom. The smallest absolute Gasteiger partial charge is 0.126 e. The van der Waals surface area contributed by atoms with Crippen LogP contribution in [0.15, 0.2) is 18.2 Å². The molecule has 1 atom stereocenters. The summed E-state index contributed by atoms with van der Waals surface area (Å²) in [4.78, 5) is 0. The Balaban J connectivity index is 2.88. The lowest BCUT2D eigenvalue weighted by Gasteiger charge is -2.16. The molecule has 1 aromatic rings. The second-order valence-electron chi connectivity index (χ2n) is 3.41. The molecule has 1 aromatic carbocycles. The molecular formula is C11H17FN2. The summed E-state index contributed by atoms with van der Waals surface area (Å²) >= 11 is 0. The molecule has 0 bridgehead atoms. The Bertz CT molecular complexity index is 299. The maximum Gasteiger partial charge on any atom is 0.126 e. The largest absolute Gasteiger partial charge is 0.318 e. The molecule has 0 aliphatic rings. The van der Waals surface area contributed by atoms with Gasteiger partial charge in [-0.3, -0.25) is 0 Å². The van der Waals surface area contributed by atoms with E-state index in [2.05, 4.69) is 10.6 Å². The zero-order chi connectivity index (χ0) is 10.6. The first-order valence-electron chi connectivity index (χ1n) is 4.77. The van der Waals surface area contributed by atoms with Crippen LogP contribution in [0.5, 0.6) is 0 Å². The summed E-state index contributed by atoms with van der Waals surface area (Å²) in [6.07, 6.45) is 0. The molecule has 78 valence electrons. The highest BCUT2D eigenvalue weighted by atomic mass is 19.1. The molecule has 0 fully saturated rings. The van der Waals surface area contributed by atoms with Gasteiger partial charge in [0.1, 0.15) is 5.82 Å². The third-order valence-electron chi connectivity index (χ3n) is 2.34. The standard InChI is InChI=1S/C11H17FN2/c1-8-6-9(4-5-10(8)12)11(14-3)7-13-2/h4-6,11,13-14H,7H2,1-3H3. The SMILES string of the molecule is CNCC(NC)c1ccc(F)c(C)c1. The Hall–Kier alpha value is -0.930. The fraction of sp³-hybridized carbons (Fsp3) is 0.455. The van der Waals surface area contributed by atoms with E-state index in [4.69, 9.17) is 0 Å². The van der Waals surface area contributed by atoms with Gasteiger partial charge in [0.25, 0.3) is 0 Å². The lowest BCUT2D eigenvalue weighted by Crippen LogP contribution is -2.27. The summed E-state index contributed by atoms with van der Waals surface area (Å²) in [5.41, 5.74) is 1.81. The summed E-state index contributed by atoms with van der Waals surface area (Å²) in [7, 11) is 3.81. The van der Waals surface area contributed by atoms with E-state index < -0.39 is 0 Å². The monoisotopic (exact) mass is 196 g/mol. The molecule has 0 heterocycles. The van der Waals surface area contributed by atoms with Crippen LogP contribution in [0.4, 0.5) is 4.39 Å². The van der Waals surface area contributed by atoms with E-state index in [1.54, 1.807) is 6.92 Å². The van der Waals surface area contributed by atoms with Gasteiger partial charge in [0.2, 0.25) is 0 Å². The van der Waals surface area contributed by atoms with E-state index in [0.717, 1.165) is 12.1 Å². The van der Waals surface area contributed by atoms with Crippen molar-refractivity contribution < 1.29 is 4.39 Å². The normalized spacial score (nSPS) is 12.9. The van der Waals surface area contributed by atoms with Gasteiger partial charge in [0.15, 0.2) is 0 Å². The predicted molar refractivity (Wildman–Crippen MR) is 56.9 cm³/mol. The van der Waals surface area contributed by atoms with Crippen LogP contribution in [0, 0.1) is 12.7 Å². The maximum absolute atomic E-state index is 13.0. The van der Waals surface area contributed by atoms with Crippen molar-refractivity contribution in [3.63, 3.8) is 0 Å². The zero-order valence-electron chi connectivity index (χ0n) is 8.89. The van der Waals surface area contributed by atoms with E-state index in [9.17, 15) is 4.39 Å². The van der Waals surface area contributed by atoms with Crippen LogP contribution in [0.2, 0.25) is 0 Å². The van der Waals surface area contributed by atoms with Crippen molar-refractivity contribution in [2.45, 2.75) is 13.0 Å². The van der Waals surface area contributed by atoms with Crippen molar-refractivity contribution in [1.29, 1.82) is 0 Å². The Labute approximate surface area is 84.5 Å². The number of halogens is 1.